The molecule has 0 aromatic heterocycles. The van der Waals surface area contributed by atoms with Gasteiger partial charge in [0, 0.05) is 13.0 Å². The van der Waals surface area contributed by atoms with E-state index in [0.717, 1.165) is 19.3 Å². The van der Waals surface area contributed by atoms with Crippen LogP contribution in [0.25, 0.3) is 0 Å². The SMILES string of the molecule is CC(C)(C)OC(=O)CCCCCOCCOCCOCl. The van der Waals surface area contributed by atoms with Gasteiger partial charge in [-0.3, -0.25) is 9.08 Å². The molecule has 0 aliphatic rings. The monoisotopic (exact) mass is 310 g/mol. The van der Waals surface area contributed by atoms with E-state index in [0.29, 0.717) is 39.5 Å². The van der Waals surface area contributed by atoms with Crippen LogP contribution in [-0.2, 0) is 23.3 Å². The molecule has 0 saturated heterocycles. The van der Waals surface area contributed by atoms with Gasteiger partial charge in [-0.15, -0.1) is 0 Å². The van der Waals surface area contributed by atoms with Crippen molar-refractivity contribution in [2.75, 3.05) is 33.0 Å². The Balaban J connectivity index is 3.19. The fraction of sp³-hybridized carbons (Fsp3) is 0.929. The number of hydrogen-bond donors (Lipinski definition) is 0. The molecular formula is C14H27ClO5. The summed E-state index contributed by atoms with van der Waals surface area (Å²) in [7, 11) is 0. The van der Waals surface area contributed by atoms with Crippen molar-refractivity contribution in [1.82, 2.24) is 0 Å². The predicted molar refractivity (Wildman–Crippen MR) is 77.8 cm³/mol. The zero-order valence-corrected chi connectivity index (χ0v) is 13.5. The first-order valence-electron chi connectivity index (χ1n) is 7.06. The molecule has 0 spiro atoms. The van der Waals surface area contributed by atoms with Crippen LogP contribution >= 0.6 is 11.9 Å². The van der Waals surface area contributed by atoms with Gasteiger partial charge in [-0.25, -0.2) is 0 Å². The second-order valence-electron chi connectivity index (χ2n) is 5.44. The van der Waals surface area contributed by atoms with Crippen molar-refractivity contribution in [2.45, 2.75) is 52.1 Å². The Morgan fingerprint density at radius 3 is 2.10 bits per heavy atom. The molecule has 0 N–H and O–H groups in total. The topological polar surface area (TPSA) is 54.0 Å². The maximum Gasteiger partial charge on any atom is 0.306 e. The maximum absolute atomic E-state index is 11.4. The minimum atomic E-state index is -0.394. The molecule has 0 aliphatic carbocycles. The number of esters is 1. The van der Waals surface area contributed by atoms with Gasteiger partial charge in [0.15, 0.2) is 0 Å². The molecule has 0 radical (unpaired) electrons. The van der Waals surface area contributed by atoms with E-state index in [2.05, 4.69) is 4.29 Å². The molecular weight excluding hydrogens is 284 g/mol. The summed E-state index contributed by atoms with van der Waals surface area (Å²) in [5.41, 5.74) is -0.394. The van der Waals surface area contributed by atoms with Crippen molar-refractivity contribution >= 4 is 17.8 Å². The van der Waals surface area contributed by atoms with Crippen LogP contribution < -0.4 is 0 Å². The van der Waals surface area contributed by atoms with Gasteiger partial charge in [0.2, 0.25) is 0 Å². The molecule has 6 heteroatoms. The number of halogens is 1. The summed E-state index contributed by atoms with van der Waals surface area (Å²) in [6, 6.07) is 0. The van der Waals surface area contributed by atoms with Crippen LogP contribution in [0.4, 0.5) is 0 Å². The van der Waals surface area contributed by atoms with Crippen molar-refractivity contribution < 1.29 is 23.3 Å². The lowest BCUT2D eigenvalue weighted by Gasteiger charge is -2.19. The first-order valence-corrected chi connectivity index (χ1v) is 7.37. The van der Waals surface area contributed by atoms with E-state index >= 15 is 0 Å². The first kappa shape index (κ1) is 19.6. The summed E-state index contributed by atoms with van der Waals surface area (Å²) in [5, 5.41) is 0. The third kappa shape index (κ3) is 15.7. The van der Waals surface area contributed by atoms with E-state index in [9.17, 15) is 4.79 Å². The van der Waals surface area contributed by atoms with Gasteiger partial charge < -0.3 is 14.2 Å². The molecule has 0 fully saturated rings. The minimum absolute atomic E-state index is 0.131. The average Bonchev–Trinajstić information content (AvgIpc) is 2.34. The van der Waals surface area contributed by atoms with E-state index in [1.54, 1.807) is 0 Å². The van der Waals surface area contributed by atoms with E-state index in [1.807, 2.05) is 20.8 Å². The molecule has 0 aromatic rings. The molecule has 0 rings (SSSR count). The zero-order valence-electron chi connectivity index (χ0n) is 12.8. The highest BCUT2D eigenvalue weighted by Crippen LogP contribution is 2.10. The normalized spacial score (nSPS) is 11.6. The molecule has 20 heavy (non-hydrogen) atoms. The third-order valence-electron chi connectivity index (χ3n) is 2.27. The smallest absolute Gasteiger partial charge is 0.306 e. The van der Waals surface area contributed by atoms with E-state index < -0.39 is 5.60 Å². The number of hydrogen-bond acceptors (Lipinski definition) is 5. The molecule has 0 aromatic carbocycles. The Kier molecular flexibility index (Phi) is 12.2. The number of ether oxygens (including phenoxy) is 3. The van der Waals surface area contributed by atoms with Gasteiger partial charge in [0.05, 0.1) is 38.3 Å². The zero-order chi connectivity index (χ0) is 15.3. The molecule has 0 amide bonds. The fourth-order valence-electron chi connectivity index (χ4n) is 1.46. The molecule has 0 unspecified atom stereocenters. The molecule has 0 aliphatic heterocycles. The maximum atomic E-state index is 11.4. The van der Waals surface area contributed by atoms with E-state index in [1.165, 1.54) is 0 Å². The summed E-state index contributed by atoms with van der Waals surface area (Å²) in [5.74, 6) is -0.131. The molecule has 0 saturated carbocycles. The van der Waals surface area contributed by atoms with Crippen molar-refractivity contribution in [1.29, 1.82) is 0 Å². The van der Waals surface area contributed by atoms with Gasteiger partial charge in [-0.05, 0) is 33.6 Å². The van der Waals surface area contributed by atoms with Crippen LogP contribution in [0.15, 0.2) is 0 Å². The summed E-state index contributed by atoms with van der Waals surface area (Å²) in [6.45, 7) is 8.27. The van der Waals surface area contributed by atoms with Crippen LogP contribution in [-0.4, -0.2) is 44.6 Å². The Bertz CT molecular complexity index is 240. The van der Waals surface area contributed by atoms with Crippen LogP contribution in [0, 0.1) is 0 Å². The van der Waals surface area contributed by atoms with Crippen LogP contribution in [0.2, 0.25) is 0 Å². The van der Waals surface area contributed by atoms with E-state index in [4.69, 9.17) is 26.1 Å². The third-order valence-corrected chi connectivity index (χ3v) is 2.42. The highest BCUT2D eigenvalue weighted by molar-refractivity contribution is 6.07. The number of carbonyl (C=O) groups is 1. The van der Waals surface area contributed by atoms with Gasteiger partial charge in [0.25, 0.3) is 0 Å². The Morgan fingerprint density at radius 1 is 0.900 bits per heavy atom. The fourth-order valence-corrected chi connectivity index (χ4v) is 1.52. The first-order chi connectivity index (χ1) is 9.45. The lowest BCUT2D eigenvalue weighted by Crippen LogP contribution is -2.23. The Hall–Kier alpha value is -0.360. The van der Waals surface area contributed by atoms with Crippen molar-refractivity contribution in [3.63, 3.8) is 0 Å². The van der Waals surface area contributed by atoms with E-state index in [-0.39, 0.29) is 5.97 Å². The lowest BCUT2D eigenvalue weighted by atomic mass is 10.1. The predicted octanol–water partition coefficient (Wildman–Crippen LogP) is 3.09. The lowest BCUT2D eigenvalue weighted by molar-refractivity contribution is -0.154. The number of carbonyl (C=O) groups excluding carboxylic acids is 1. The summed E-state index contributed by atoms with van der Waals surface area (Å²) < 4.78 is 20.1. The van der Waals surface area contributed by atoms with Crippen molar-refractivity contribution in [2.24, 2.45) is 0 Å². The minimum Gasteiger partial charge on any atom is -0.460 e. The van der Waals surface area contributed by atoms with Crippen LogP contribution in [0.1, 0.15) is 46.5 Å². The van der Waals surface area contributed by atoms with Crippen LogP contribution in [0.5, 0.6) is 0 Å². The molecule has 0 heterocycles. The van der Waals surface area contributed by atoms with Gasteiger partial charge in [-0.2, -0.15) is 0 Å². The molecule has 5 nitrogen and oxygen atoms in total. The van der Waals surface area contributed by atoms with Gasteiger partial charge in [0.1, 0.15) is 5.60 Å². The molecule has 120 valence electrons. The standard InChI is InChI=1S/C14H27ClO5/c1-14(2,3)20-13(16)7-5-4-6-8-17-9-10-18-11-12-19-15/h4-12H2,1-3H3. The quantitative estimate of drug-likeness (QED) is 0.409. The highest BCUT2D eigenvalue weighted by Gasteiger charge is 2.15. The second-order valence-corrected chi connectivity index (χ2v) is 5.65. The largest absolute Gasteiger partial charge is 0.460 e. The summed E-state index contributed by atoms with van der Waals surface area (Å²) >= 11 is 5.03. The Morgan fingerprint density at radius 2 is 1.50 bits per heavy atom. The second kappa shape index (κ2) is 12.4. The number of unbranched alkanes of at least 4 members (excludes halogenated alkanes) is 2. The van der Waals surface area contributed by atoms with Gasteiger partial charge >= 0.3 is 5.97 Å². The summed E-state index contributed by atoms with van der Waals surface area (Å²) in [4.78, 5) is 11.4. The van der Waals surface area contributed by atoms with Gasteiger partial charge in [-0.1, -0.05) is 6.42 Å². The molecule has 0 bridgehead atoms. The van der Waals surface area contributed by atoms with Crippen molar-refractivity contribution in [3.8, 4) is 0 Å². The highest BCUT2D eigenvalue weighted by atomic mass is 35.5. The number of rotatable bonds is 12. The summed E-state index contributed by atoms with van der Waals surface area (Å²) in [6.07, 6.45) is 3.20. The average molecular weight is 311 g/mol. The van der Waals surface area contributed by atoms with Crippen molar-refractivity contribution in [3.05, 3.63) is 0 Å². The molecule has 0 atom stereocenters. The Labute approximate surface area is 127 Å². The van der Waals surface area contributed by atoms with Crippen LogP contribution in [0.3, 0.4) is 0 Å².